The van der Waals surface area contributed by atoms with Crippen LogP contribution in [0.1, 0.15) is 33.1 Å². The van der Waals surface area contributed by atoms with E-state index in [1.807, 2.05) is 13.8 Å². The molecule has 0 heterocycles. The van der Waals surface area contributed by atoms with Crippen LogP contribution in [-0.4, -0.2) is 0 Å². The Morgan fingerprint density at radius 2 is 2.10 bits per heavy atom. The molecule has 0 amide bonds. The van der Waals surface area contributed by atoms with Gasteiger partial charge in [-0.05, 0) is 32.1 Å². The van der Waals surface area contributed by atoms with Crippen LogP contribution in [0.4, 0.5) is 0 Å². The van der Waals surface area contributed by atoms with E-state index in [1.54, 1.807) is 0 Å². The summed E-state index contributed by atoms with van der Waals surface area (Å²) in [5.74, 6) is 0.694. The van der Waals surface area contributed by atoms with Crippen LogP contribution < -0.4 is 24.0 Å². The largest absolute Gasteiger partial charge is 1.00 e. The Balaban J connectivity index is 0.000000810. The molecule has 0 saturated carbocycles. The predicted molar refractivity (Wildman–Crippen MR) is 35.7 cm³/mol. The minimum absolute atomic E-state index is 0. The first kappa shape index (κ1) is 10.1. The fraction of sp³-hybridized carbons (Fsp3) is 0.750. The molecule has 0 fully saturated rings. The molecule has 0 aromatic heterocycles. The monoisotopic (exact) mass is 132 g/mol. The van der Waals surface area contributed by atoms with Gasteiger partial charge in [-0.1, -0.05) is 12.5 Å². The van der Waals surface area contributed by atoms with Crippen LogP contribution in [-0.2, 0) is 0 Å². The molecule has 0 aromatic carbocycles. The van der Waals surface area contributed by atoms with Crippen LogP contribution in [0.25, 0.3) is 0 Å². The Labute approximate surface area is 74.7 Å². The van der Waals surface area contributed by atoms with Crippen molar-refractivity contribution in [2.24, 2.45) is 5.92 Å². The van der Waals surface area contributed by atoms with E-state index in [0.29, 0.717) is 11.7 Å². The third-order valence-corrected chi connectivity index (χ3v) is 2.06. The van der Waals surface area contributed by atoms with E-state index in [4.69, 9.17) is 0 Å². The summed E-state index contributed by atoms with van der Waals surface area (Å²) in [4.78, 5) is 0. The van der Waals surface area contributed by atoms with Crippen molar-refractivity contribution in [3.63, 3.8) is 0 Å². The fourth-order valence-corrected chi connectivity index (χ4v) is 1.35. The topological polar surface area (TPSA) is 23.1 Å². The molecule has 0 radical (unpaired) electrons. The summed E-state index contributed by atoms with van der Waals surface area (Å²) in [6.07, 6.45) is 3.33. The molecule has 1 nitrogen and oxygen atoms in total. The van der Waals surface area contributed by atoms with Gasteiger partial charge in [-0.3, -0.25) is 0 Å². The summed E-state index contributed by atoms with van der Waals surface area (Å²) in [5, 5.41) is 11.1. The molecule has 0 N–H and O–H groups in total. The van der Waals surface area contributed by atoms with Gasteiger partial charge in [-0.15, -0.1) is 5.76 Å². The third kappa shape index (κ3) is 2.07. The SMILES string of the molecule is CC1=C([O-])[C@H](C)CCC1.[Li+]. The Bertz CT molecular complexity index is 140. The van der Waals surface area contributed by atoms with E-state index in [0.717, 1.165) is 18.4 Å². The Morgan fingerprint density at radius 1 is 1.50 bits per heavy atom. The van der Waals surface area contributed by atoms with Crippen molar-refractivity contribution in [2.45, 2.75) is 33.1 Å². The standard InChI is InChI=1S/C8H14O.Li/c1-6-4-3-5-7(2)8(6)9;/h6,9H,3-5H2,1-2H3;/q;+1/p-1/t6-;/m1./s1. The van der Waals surface area contributed by atoms with Gasteiger partial charge in [-0.25, -0.2) is 0 Å². The number of hydrogen-bond donors (Lipinski definition) is 0. The summed E-state index contributed by atoms with van der Waals surface area (Å²) in [6, 6.07) is 0. The second-order valence-corrected chi connectivity index (χ2v) is 2.94. The smallest absolute Gasteiger partial charge is 0.875 e. The minimum Gasteiger partial charge on any atom is -0.875 e. The van der Waals surface area contributed by atoms with Gasteiger partial charge in [-0.2, -0.15) is 0 Å². The molecule has 0 saturated heterocycles. The first-order chi connectivity index (χ1) is 4.22. The van der Waals surface area contributed by atoms with Gasteiger partial charge in [0.15, 0.2) is 0 Å². The van der Waals surface area contributed by atoms with E-state index in [-0.39, 0.29) is 18.9 Å². The zero-order valence-electron chi connectivity index (χ0n) is 7.11. The normalized spacial score (nSPS) is 26.0. The number of allylic oxidation sites excluding steroid dienone is 2. The maximum absolute atomic E-state index is 11.1. The third-order valence-electron chi connectivity index (χ3n) is 2.06. The van der Waals surface area contributed by atoms with Gasteiger partial charge in [0.25, 0.3) is 0 Å². The van der Waals surface area contributed by atoms with Gasteiger partial charge >= 0.3 is 18.9 Å². The summed E-state index contributed by atoms with van der Waals surface area (Å²) in [7, 11) is 0. The molecular weight excluding hydrogens is 119 g/mol. The van der Waals surface area contributed by atoms with Crippen LogP contribution >= 0.6 is 0 Å². The maximum atomic E-state index is 11.1. The first-order valence-corrected chi connectivity index (χ1v) is 3.58. The first-order valence-electron chi connectivity index (χ1n) is 3.58. The van der Waals surface area contributed by atoms with Crippen LogP contribution in [0.15, 0.2) is 11.3 Å². The van der Waals surface area contributed by atoms with Gasteiger partial charge in [0, 0.05) is 0 Å². The Hall–Kier alpha value is 0.137. The molecule has 1 rings (SSSR count). The van der Waals surface area contributed by atoms with Crippen molar-refractivity contribution in [3.8, 4) is 0 Å². The molecule has 10 heavy (non-hydrogen) atoms. The minimum atomic E-state index is 0. The van der Waals surface area contributed by atoms with Crippen LogP contribution in [0.5, 0.6) is 0 Å². The van der Waals surface area contributed by atoms with Gasteiger partial charge in [0.2, 0.25) is 0 Å². The van der Waals surface area contributed by atoms with Crippen LogP contribution in [0.2, 0.25) is 0 Å². The zero-order valence-corrected chi connectivity index (χ0v) is 7.11. The quantitative estimate of drug-likeness (QED) is 0.366. The summed E-state index contributed by atoms with van der Waals surface area (Å²) < 4.78 is 0. The van der Waals surface area contributed by atoms with Crippen LogP contribution in [0, 0.1) is 5.92 Å². The van der Waals surface area contributed by atoms with Gasteiger partial charge in [0.05, 0.1) is 0 Å². The second kappa shape index (κ2) is 4.11. The molecule has 0 bridgehead atoms. The van der Waals surface area contributed by atoms with E-state index >= 15 is 0 Å². The Kier molecular flexibility index (Phi) is 4.16. The molecule has 52 valence electrons. The molecule has 0 unspecified atom stereocenters. The molecule has 1 atom stereocenters. The zero-order chi connectivity index (χ0) is 6.85. The van der Waals surface area contributed by atoms with Crippen molar-refractivity contribution in [1.82, 2.24) is 0 Å². The van der Waals surface area contributed by atoms with Crippen molar-refractivity contribution in [1.29, 1.82) is 0 Å². The second-order valence-electron chi connectivity index (χ2n) is 2.94. The average Bonchev–Trinajstić information content (AvgIpc) is 1.83. The van der Waals surface area contributed by atoms with Gasteiger partial charge in [0.1, 0.15) is 0 Å². The van der Waals surface area contributed by atoms with Crippen molar-refractivity contribution in [3.05, 3.63) is 11.3 Å². The fourth-order valence-electron chi connectivity index (χ4n) is 1.35. The molecule has 0 aliphatic heterocycles. The molecule has 1 aliphatic carbocycles. The van der Waals surface area contributed by atoms with Crippen molar-refractivity contribution in [2.75, 3.05) is 0 Å². The van der Waals surface area contributed by atoms with Gasteiger partial charge < -0.3 is 5.11 Å². The van der Waals surface area contributed by atoms with E-state index < -0.39 is 0 Å². The summed E-state index contributed by atoms with van der Waals surface area (Å²) >= 11 is 0. The predicted octanol–water partition coefficient (Wildman–Crippen LogP) is -1.56. The molecule has 0 aromatic rings. The van der Waals surface area contributed by atoms with E-state index in [2.05, 4.69) is 0 Å². The molecule has 1 aliphatic rings. The number of hydrogen-bond acceptors (Lipinski definition) is 1. The number of rotatable bonds is 0. The van der Waals surface area contributed by atoms with Crippen LogP contribution in [0.3, 0.4) is 0 Å². The average molecular weight is 132 g/mol. The van der Waals surface area contributed by atoms with Crippen molar-refractivity contribution >= 4 is 0 Å². The summed E-state index contributed by atoms with van der Waals surface area (Å²) in [5.41, 5.74) is 1.08. The van der Waals surface area contributed by atoms with E-state index in [9.17, 15) is 5.11 Å². The maximum Gasteiger partial charge on any atom is 1.00 e. The Morgan fingerprint density at radius 3 is 2.50 bits per heavy atom. The molecule has 0 spiro atoms. The molecule has 2 heteroatoms. The summed E-state index contributed by atoms with van der Waals surface area (Å²) in [6.45, 7) is 3.98. The molecular formula is C8H13LiO. The van der Waals surface area contributed by atoms with Crippen molar-refractivity contribution < 1.29 is 24.0 Å². The van der Waals surface area contributed by atoms with E-state index in [1.165, 1.54) is 6.42 Å².